The van der Waals surface area contributed by atoms with Crippen molar-refractivity contribution in [3.8, 4) is 11.3 Å². The zero-order chi connectivity index (χ0) is 11.5. The molecule has 0 atom stereocenters. The van der Waals surface area contributed by atoms with Gasteiger partial charge in [-0.3, -0.25) is 0 Å². The van der Waals surface area contributed by atoms with Crippen molar-refractivity contribution in [3.63, 3.8) is 0 Å². The van der Waals surface area contributed by atoms with E-state index in [4.69, 9.17) is 4.52 Å². The monoisotopic (exact) mass is 220 g/mol. The number of hydrogen-bond acceptors (Lipinski definition) is 3. The van der Waals surface area contributed by atoms with Crippen molar-refractivity contribution in [1.82, 2.24) is 10.5 Å². The van der Waals surface area contributed by atoms with Gasteiger partial charge >= 0.3 is 0 Å². The molecule has 0 spiro atoms. The second-order valence-corrected chi connectivity index (χ2v) is 3.62. The van der Waals surface area contributed by atoms with Gasteiger partial charge in [-0.15, -0.1) is 0 Å². The summed E-state index contributed by atoms with van der Waals surface area (Å²) < 4.78 is 18.0. The Morgan fingerprint density at radius 1 is 1.31 bits per heavy atom. The molecule has 0 amide bonds. The Kier molecular flexibility index (Phi) is 3.01. The molecule has 2 aromatic rings. The molecule has 0 aliphatic heterocycles. The van der Waals surface area contributed by atoms with Crippen LogP contribution in [0, 0.1) is 12.7 Å². The molecule has 0 aliphatic carbocycles. The number of benzene rings is 1. The van der Waals surface area contributed by atoms with Gasteiger partial charge in [0.2, 0.25) is 0 Å². The van der Waals surface area contributed by atoms with E-state index in [9.17, 15) is 4.39 Å². The van der Waals surface area contributed by atoms with Crippen molar-refractivity contribution in [2.45, 2.75) is 13.5 Å². The van der Waals surface area contributed by atoms with Gasteiger partial charge in [0.25, 0.3) is 0 Å². The molecule has 3 nitrogen and oxygen atoms in total. The molecule has 0 aliphatic rings. The summed E-state index contributed by atoms with van der Waals surface area (Å²) in [4.78, 5) is 0. The fourth-order valence-electron chi connectivity index (χ4n) is 1.57. The molecule has 0 saturated carbocycles. The maximum Gasteiger partial charge on any atom is 0.170 e. The van der Waals surface area contributed by atoms with E-state index in [0.29, 0.717) is 12.3 Å². The second-order valence-electron chi connectivity index (χ2n) is 3.62. The van der Waals surface area contributed by atoms with Gasteiger partial charge in [-0.05, 0) is 38.2 Å². The van der Waals surface area contributed by atoms with Gasteiger partial charge in [0.05, 0.1) is 0 Å². The second kappa shape index (κ2) is 4.45. The highest BCUT2D eigenvalue weighted by Gasteiger charge is 2.12. The molecule has 1 aromatic heterocycles. The molecule has 1 aromatic carbocycles. The van der Waals surface area contributed by atoms with Crippen molar-refractivity contribution < 1.29 is 8.91 Å². The van der Waals surface area contributed by atoms with Crippen LogP contribution in [0.3, 0.4) is 0 Å². The van der Waals surface area contributed by atoms with Gasteiger partial charge in [-0.25, -0.2) is 4.39 Å². The standard InChI is InChI=1S/C12H13FN2O/c1-8-11(7-14-2)15-16-12(8)9-3-5-10(13)6-4-9/h3-6,14H,7H2,1-2H3. The summed E-state index contributed by atoms with van der Waals surface area (Å²) in [5, 5.41) is 6.99. The molecule has 0 radical (unpaired) electrons. The molecule has 0 fully saturated rings. The lowest BCUT2D eigenvalue weighted by Crippen LogP contribution is -2.06. The van der Waals surface area contributed by atoms with Crippen LogP contribution in [0.25, 0.3) is 11.3 Å². The van der Waals surface area contributed by atoms with Gasteiger partial charge in [-0.2, -0.15) is 0 Å². The molecule has 0 bridgehead atoms. The van der Waals surface area contributed by atoms with Crippen molar-refractivity contribution in [2.75, 3.05) is 7.05 Å². The highest BCUT2D eigenvalue weighted by molar-refractivity contribution is 5.61. The fraction of sp³-hybridized carbons (Fsp3) is 0.250. The smallest absolute Gasteiger partial charge is 0.170 e. The Bertz CT molecular complexity index is 476. The van der Waals surface area contributed by atoms with Crippen molar-refractivity contribution in [2.24, 2.45) is 0 Å². The third-order valence-corrected chi connectivity index (χ3v) is 2.47. The van der Waals surface area contributed by atoms with E-state index in [1.165, 1.54) is 12.1 Å². The van der Waals surface area contributed by atoms with Crippen LogP contribution in [0.5, 0.6) is 0 Å². The topological polar surface area (TPSA) is 38.1 Å². The predicted molar refractivity (Wildman–Crippen MR) is 59.4 cm³/mol. The quantitative estimate of drug-likeness (QED) is 0.863. The van der Waals surface area contributed by atoms with Gasteiger partial charge in [0.15, 0.2) is 5.76 Å². The van der Waals surface area contributed by atoms with E-state index < -0.39 is 0 Å². The SMILES string of the molecule is CNCc1noc(-c2ccc(F)cc2)c1C. The number of rotatable bonds is 3. The average molecular weight is 220 g/mol. The van der Waals surface area contributed by atoms with Crippen LogP contribution in [0.15, 0.2) is 28.8 Å². The largest absolute Gasteiger partial charge is 0.356 e. The summed E-state index contributed by atoms with van der Waals surface area (Å²) in [5.74, 6) is 0.446. The molecule has 84 valence electrons. The summed E-state index contributed by atoms with van der Waals surface area (Å²) in [6, 6.07) is 6.20. The summed E-state index contributed by atoms with van der Waals surface area (Å²) in [7, 11) is 1.85. The van der Waals surface area contributed by atoms with Crippen molar-refractivity contribution in [1.29, 1.82) is 0 Å². The summed E-state index contributed by atoms with van der Waals surface area (Å²) in [5.41, 5.74) is 2.71. The Balaban J connectivity index is 2.37. The first-order chi connectivity index (χ1) is 7.72. The Labute approximate surface area is 93.3 Å². The molecular formula is C12H13FN2O. The maximum absolute atomic E-state index is 12.8. The highest BCUT2D eigenvalue weighted by Crippen LogP contribution is 2.25. The molecule has 1 N–H and O–H groups in total. The minimum Gasteiger partial charge on any atom is -0.356 e. The Morgan fingerprint density at radius 2 is 2.00 bits per heavy atom. The van der Waals surface area contributed by atoms with Crippen LogP contribution in [-0.2, 0) is 6.54 Å². The average Bonchev–Trinajstić information content (AvgIpc) is 2.63. The minimum absolute atomic E-state index is 0.253. The number of aromatic nitrogens is 1. The van der Waals surface area contributed by atoms with E-state index in [1.807, 2.05) is 14.0 Å². The van der Waals surface area contributed by atoms with Crippen molar-refractivity contribution >= 4 is 0 Å². The molecule has 0 saturated heterocycles. The third-order valence-electron chi connectivity index (χ3n) is 2.47. The number of hydrogen-bond donors (Lipinski definition) is 1. The first-order valence-corrected chi connectivity index (χ1v) is 5.08. The molecule has 1 heterocycles. The van der Waals surface area contributed by atoms with Gasteiger partial charge in [0.1, 0.15) is 11.5 Å². The molecule has 4 heteroatoms. The van der Waals surface area contributed by atoms with E-state index in [1.54, 1.807) is 12.1 Å². The lowest BCUT2D eigenvalue weighted by atomic mass is 10.1. The molecule has 16 heavy (non-hydrogen) atoms. The molecular weight excluding hydrogens is 207 g/mol. The number of nitrogens with one attached hydrogen (secondary N) is 1. The zero-order valence-corrected chi connectivity index (χ0v) is 9.25. The third kappa shape index (κ3) is 1.97. The Hall–Kier alpha value is -1.68. The Morgan fingerprint density at radius 3 is 2.62 bits per heavy atom. The normalized spacial score (nSPS) is 10.7. The van der Waals surface area contributed by atoms with Crippen LogP contribution in [0.1, 0.15) is 11.3 Å². The van der Waals surface area contributed by atoms with E-state index in [-0.39, 0.29) is 5.82 Å². The van der Waals surface area contributed by atoms with E-state index >= 15 is 0 Å². The molecule has 0 unspecified atom stereocenters. The lowest BCUT2D eigenvalue weighted by molar-refractivity contribution is 0.421. The van der Waals surface area contributed by atoms with Gasteiger partial charge in [0, 0.05) is 17.7 Å². The minimum atomic E-state index is -0.253. The summed E-state index contributed by atoms with van der Waals surface area (Å²) >= 11 is 0. The lowest BCUT2D eigenvalue weighted by Gasteiger charge is -1.98. The van der Waals surface area contributed by atoms with Crippen LogP contribution in [0.4, 0.5) is 4.39 Å². The zero-order valence-electron chi connectivity index (χ0n) is 9.25. The molecule has 2 rings (SSSR count). The van der Waals surface area contributed by atoms with Gasteiger partial charge in [-0.1, -0.05) is 5.16 Å². The summed E-state index contributed by atoms with van der Waals surface area (Å²) in [6.07, 6.45) is 0. The maximum atomic E-state index is 12.8. The van der Waals surface area contributed by atoms with E-state index in [0.717, 1.165) is 16.8 Å². The summed E-state index contributed by atoms with van der Waals surface area (Å²) in [6.45, 7) is 2.61. The first kappa shape index (κ1) is 10.8. The highest BCUT2D eigenvalue weighted by atomic mass is 19.1. The van der Waals surface area contributed by atoms with Gasteiger partial charge < -0.3 is 9.84 Å². The van der Waals surface area contributed by atoms with Crippen molar-refractivity contribution in [3.05, 3.63) is 41.3 Å². The fourth-order valence-corrected chi connectivity index (χ4v) is 1.57. The van der Waals surface area contributed by atoms with E-state index in [2.05, 4.69) is 10.5 Å². The number of halogens is 1. The predicted octanol–water partition coefficient (Wildman–Crippen LogP) is 2.51. The van der Waals surface area contributed by atoms with Crippen LogP contribution < -0.4 is 5.32 Å². The van der Waals surface area contributed by atoms with Crippen LogP contribution >= 0.6 is 0 Å². The van der Waals surface area contributed by atoms with Crippen LogP contribution in [0.2, 0.25) is 0 Å². The van der Waals surface area contributed by atoms with Crippen LogP contribution in [-0.4, -0.2) is 12.2 Å². The number of nitrogens with zero attached hydrogens (tertiary/aromatic N) is 1. The first-order valence-electron chi connectivity index (χ1n) is 5.08.